The Morgan fingerprint density at radius 2 is 1.87 bits per heavy atom. The predicted molar refractivity (Wildman–Crippen MR) is 75.6 cm³/mol. The second-order valence-electron chi connectivity index (χ2n) is 5.37. The van der Waals surface area contributed by atoms with Crippen LogP contribution in [0.3, 0.4) is 0 Å². The minimum atomic E-state index is -1.92. The largest absolute Gasteiger partial charge is 0.501 e. The van der Waals surface area contributed by atoms with Gasteiger partial charge in [-0.15, -0.1) is 0 Å². The first-order valence-corrected chi connectivity index (χ1v) is 7.12. The number of benzene rings is 1. The number of aliphatic hydroxyl groups excluding tert-OH is 1. The van der Waals surface area contributed by atoms with Crippen molar-refractivity contribution < 1.29 is 28.6 Å². The average Bonchev–Trinajstić information content (AvgIpc) is 2.94. The van der Waals surface area contributed by atoms with Gasteiger partial charge in [-0.25, -0.2) is 9.29 Å². The molecule has 23 heavy (non-hydrogen) atoms. The van der Waals surface area contributed by atoms with Crippen molar-refractivity contribution in [2.75, 3.05) is 0 Å². The summed E-state index contributed by atoms with van der Waals surface area (Å²) in [7, 11) is 0. The summed E-state index contributed by atoms with van der Waals surface area (Å²) >= 11 is 5.82. The van der Waals surface area contributed by atoms with Gasteiger partial charge in [0, 0.05) is 23.4 Å². The van der Waals surface area contributed by atoms with Gasteiger partial charge in [-0.3, -0.25) is 14.4 Å². The van der Waals surface area contributed by atoms with Crippen LogP contribution in [0, 0.1) is 5.82 Å². The summed E-state index contributed by atoms with van der Waals surface area (Å²) in [4.78, 5) is 36.5. The first-order chi connectivity index (χ1) is 10.8. The molecule has 0 aromatic heterocycles. The summed E-state index contributed by atoms with van der Waals surface area (Å²) in [6.07, 6.45) is -0.0925. The lowest BCUT2D eigenvalue weighted by Crippen LogP contribution is -2.34. The van der Waals surface area contributed by atoms with Crippen molar-refractivity contribution in [2.45, 2.75) is 25.4 Å². The Morgan fingerprint density at radius 1 is 1.26 bits per heavy atom. The van der Waals surface area contributed by atoms with Crippen molar-refractivity contribution in [3.8, 4) is 0 Å². The number of Topliss-reactive ketones (excluding diaryl/α,β-unsaturated/α-hetero) is 1. The van der Waals surface area contributed by atoms with Gasteiger partial charge in [-0.2, -0.15) is 0 Å². The van der Waals surface area contributed by atoms with Gasteiger partial charge < -0.3 is 9.84 Å². The molecule has 1 saturated heterocycles. The summed E-state index contributed by atoms with van der Waals surface area (Å²) in [6, 6.07) is 3.55. The average molecular weight is 340 g/mol. The molecule has 0 bridgehead atoms. The van der Waals surface area contributed by atoms with Crippen molar-refractivity contribution in [1.29, 1.82) is 0 Å². The standard InChI is InChI=1S/C15H11ClFNO5/c1-15(8-6-7(16)2-3-9(8)17)13(22)12(21)14(23-15)18-10(19)4-5-11(18)20/h2-3,6,21H,4-5H2,1H3. The van der Waals surface area contributed by atoms with E-state index in [0.717, 1.165) is 6.07 Å². The second-order valence-corrected chi connectivity index (χ2v) is 5.80. The zero-order valence-corrected chi connectivity index (χ0v) is 12.7. The molecule has 1 aromatic rings. The number of ketones is 1. The van der Waals surface area contributed by atoms with Crippen LogP contribution in [0.5, 0.6) is 0 Å². The highest BCUT2D eigenvalue weighted by Gasteiger charge is 2.53. The van der Waals surface area contributed by atoms with E-state index >= 15 is 0 Å². The maximum Gasteiger partial charge on any atom is 0.252 e. The number of imide groups is 1. The molecule has 2 heterocycles. The van der Waals surface area contributed by atoms with Gasteiger partial charge in [-0.1, -0.05) is 11.6 Å². The number of aliphatic hydroxyl groups is 1. The first-order valence-electron chi connectivity index (χ1n) is 6.74. The number of hydrogen-bond acceptors (Lipinski definition) is 5. The number of amides is 2. The zero-order chi connectivity index (χ0) is 16.9. The minimum Gasteiger partial charge on any atom is -0.501 e. The molecule has 2 aliphatic heterocycles. The lowest BCUT2D eigenvalue weighted by Gasteiger charge is -2.25. The van der Waals surface area contributed by atoms with Crippen LogP contribution in [0.4, 0.5) is 4.39 Å². The van der Waals surface area contributed by atoms with Gasteiger partial charge in [0.1, 0.15) is 5.82 Å². The number of ether oxygens (including phenoxy) is 1. The normalized spacial score (nSPS) is 24.7. The fourth-order valence-corrected chi connectivity index (χ4v) is 2.78. The van der Waals surface area contributed by atoms with E-state index in [9.17, 15) is 23.9 Å². The molecule has 3 rings (SSSR count). The second kappa shape index (κ2) is 5.06. The van der Waals surface area contributed by atoms with E-state index in [4.69, 9.17) is 16.3 Å². The molecular formula is C15H11ClFNO5. The Kier molecular flexibility index (Phi) is 3.40. The van der Waals surface area contributed by atoms with E-state index in [-0.39, 0.29) is 23.4 Å². The Balaban J connectivity index is 2.06. The molecule has 0 saturated carbocycles. The quantitative estimate of drug-likeness (QED) is 0.835. The maximum atomic E-state index is 14.1. The highest BCUT2D eigenvalue weighted by molar-refractivity contribution is 6.30. The van der Waals surface area contributed by atoms with Gasteiger partial charge in [0.25, 0.3) is 11.7 Å². The summed E-state index contributed by atoms with van der Waals surface area (Å²) < 4.78 is 19.5. The highest BCUT2D eigenvalue weighted by atomic mass is 35.5. The molecule has 2 amide bonds. The molecule has 120 valence electrons. The number of nitrogens with zero attached hydrogens (tertiary/aromatic N) is 1. The molecule has 1 unspecified atom stereocenters. The fraction of sp³-hybridized carbons (Fsp3) is 0.267. The molecule has 0 radical (unpaired) electrons. The SMILES string of the molecule is CC1(c2cc(Cl)ccc2F)OC(N2C(=O)CCC2=O)=C(O)C1=O. The van der Waals surface area contributed by atoms with Crippen molar-refractivity contribution in [3.63, 3.8) is 0 Å². The van der Waals surface area contributed by atoms with Gasteiger partial charge in [0.2, 0.25) is 23.2 Å². The third-order valence-electron chi connectivity index (χ3n) is 3.85. The number of carbonyl (C=O) groups is 3. The molecule has 1 N–H and O–H groups in total. The fourth-order valence-electron chi connectivity index (χ4n) is 2.61. The molecule has 0 aliphatic carbocycles. The van der Waals surface area contributed by atoms with Crippen molar-refractivity contribution in [1.82, 2.24) is 4.90 Å². The van der Waals surface area contributed by atoms with Crippen LogP contribution in [0.15, 0.2) is 29.8 Å². The molecular weight excluding hydrogens is 329 g/mol. The predicted octanol–water partition coefficient (Wildman–Crippen LogP) is 2.17. The number of rotatable bonds is 2. The monoisotopic (exact) mass is 339 g/mol. The topological polar surface area (TPSA) is 83.9 Å². The van der Waals surface area contributed by atoms with E-state index in [1.54, 1.807) is 0 Å². The number of halogens is 2. The highest BCUT2D eigenvalue weighted by Crippen LogP contribution is 2.41. The third-order valence-corrected chi connectivity index (χ3v) is 4.08. The van der Waals surface area contributed by atoms with Crippen LogP contribution in [0.1, 0.15) is 25.3 Å². The third kappa shape index (κ3) is 2.19. The van der Waals surface area contributed by atoms with Crippen LogP contribution >= 0.6 is 11.6 Å². The summed E-state index contributed by atoms with van der Waals surface area (Å²) in [5, 5.41) is 10.2. The molecule has 8 heteroatoms. The first kappa shape index (κ1) is 15.5. The molecule has 1 fully saturated rings. The Labute approximate surface area is 135 Å². The Morgan fingerprint density at radius 3 is 2.48 bits per heavy atom. The zero-order valence-electron chi connectivity index (χ0n) is 11.9. The molecule has 6 nitrogen and oxygen atoms in total. The minimum absolute atomic E-state index is 0.0462. The lowest BCUT2D eigenvalue weighted by atomic mass is 9.91. The number of hydrogen-bond donors (Lipinski definition) is 1. The summed E-state index contributed by atoms with van der Waals surface area (Å²) in [5.41, 5.74) is -2.12. The van der Waals surface area contributed by atoms with Crippen LogP contribution in [-0.2, 0) is 24.7 Å². The van der Waals surface area contributed by atoms with Gasteiger partial charge in [0.05, 0.1) is 0 Å². The molecule has 1 atom stereocenters. The summed E-state index contributed by atoms with van der Waals surface area (Å²) in [6.45, 7) is 1.23. The van der Waals surface area contributed by atoms with Crippen molar-refractivity contribution in [2.24, 2.45) is 0 Å². The lowest BCUT2D eigenvalue weighted by molar-refractivity contribution is -0.144. The van der Waals surface area contributed by atoms with E-state index in [2.05, 4.69) is 0 Å². The van der Waals surface area contributed by atoms with Crippen molar-refractivity contribution >= 4 is 29.2 Å². The maximum absolute atomic E-state index is 14.1. The number of carbonyl (C=O) groups excluding carboxylic acids is 3. The van der Waals surface area contributed by atoms with Crippen molar-refractivity contribution in [3.05, 3.63) is 46.2 Å². The van der Waals surface area contributed by atoms with Crippen LogP contribution in [0.25, 0.3) is 0 Å². The van der Waals surface area contributed by atoms with E-state index < -0.39 is 40.7 Å². The number of likely N-dealkylation sites (tertiary alicyclic amines) is 1. The van der Waals surface area contributed by atoms with Crippen LogP contribution in [-0.4, -0.2) is 27.6 Å². The Bertz CT molecular complexity index is 774. The van der Waals surface area contributed by atoms with Gasteiger partial charge in [0.15, 0.2) is 0 Å². The van der Waals surface area contributed by atoms with Crippen LogP contribution in [0.2, 0.25) is 5.02 Å². The van der Waals surface area contributed by atoms with Gasteiger partial charge in [-0.05, 0) is 25.1 Å². The van der Waals surface area contributed by atoms with E-state index in [0.29, 0.717) is 4.90 Å². The van der Waals surface area contributed by atoms with Crippen LogP contribution < -0.4 is 0 Å². The molecule has 0 spiro atoms. The molecule has 2 aliphatic rings. The van der Waals surface area contributed by atoms with E-state index in [1.807, 2.05) is 0 Å². The van der Waals surface area contributed by atoms with E-state index in [1.165, 1.54) is 19.1 Å². The molecule has 1 aromatic carbocycles. The smallest absolute Gasteiger partial charge is 0.252 e. The Hall–Kier alpha value is -2.41. The van der Waals surface area contributed by atoms with Gasteiger partial charge >= 0.3 is 0 Å². The summed E-state index contributed by atoms with van der Waals surface area (Å²) in [5.74, 6) is -4.38.